The van der Waals surface area contributed by atoms with Gasteiger partial charge in [0.2, 0.25) is 0 Å². The summed E-state index contributed by atoms with van der Waals surface area (Å²) >= 11 is 9.38. The minimum absolute atomic E-state index is 0.0527. The van der Waals surface area contributed by atoms with E-state index in [0.29, 0.717) is 10.6 Å². The average molecular weight is 330 g/mol. The number of halogens is 2. The van der Waals surface area contributed by atoms with Crippen LogP contribution >= 0.6 is 27.5 Å². The molecule has 0 atom stereocenters. The van der Waals surface area contributed by atoms with Crippen LogP contribution in [0.2, 0.25) is 5.02 Å². The molecule has 7 heteroatoms. The van der Waals surface area contributed by atoms with Crippen LogP contribution in [0.15, 0.2) is 34.0 Å². The van der Waals surface area contributed by atoms with Crippen LogP contribution in [0.5, 0.6) is 0 Å². The SMILES string of the molecule is Cc1nn(-c2ccc(/C(N)=N/O)cc2Br)cc1Cl. The molecule has 18 heavy (non-hydrogen) atoms. The normalized spacial score (nSPS) is 11.8. The van der Waals surface area contributed by atoms with Crippen molar-refractivity contribution in [2.24, 2.45) is 10.9 Å². The molecule has 0 saturated carbocycles. The predicted octanol–water partition coefficient (Wildman–Crippen LogP) is 2.69. The Kier molecular flexibility index (Phi) is 3.58. The van der Waals surface area contributed by atoms with Crippen LogP contribution in [0.3, 0.4) is 0 Å². The van der Waals surface area contributed by atoms with Gasteiger partial charge < -0.3 is 10.9 Å². The first-order valence-corrected chi connectivity index (χ1v) is 6.19. The summed E-state index contributed by atoms with van der Waals surface area (Å²) in [6.07, 6.45) is 1.72. The van der Waals surface area contributed by atoms with Crippen LogP contribution in [0.1, 0.15) is 11.3 Å². The summed E-state index contributed by atoms with van der Waals surface area (Å²) in [5, 5.41) is 16.4. The van der Waals surface area contributed by atoms with Gasteiger partial charge in [-0.15, -0.1) is 0 Å². The summed E-state index contributed by atoms with van der Waals surface area (Å²) in [7, 11) is 0. The van der Waals surface area contributed by atoms with Crippen LogP contribution in [0, 0.1) is 6.92 Å². The molecule has 0 aliphatic carbocycles. The number of hydrogen-bond donors (Lipinski definition) is 2. The monoisotopic (exact) mass is 328 g/mol. The zero-order valence-corrected chi connectivity index (χ0v) is 11.8. The van der Waals surface area contributed by atoms with Gasteiger partial charge in [0.1, 0.15) is 0 Å². The van der Waals surface area contributed by atoms with Gasteiger partial charge in [-0.05, 0) is 41.1 Å². The highest BCUT2D eigenvalue weighted by molar-refractivity contribution is 9.10. The zero-order valence-electron chi connectivity index (χ0n) is 9.43. The maximum atomic E-state index is 8.62. The molecule has 0 bridgehead atoms. The number of rotatable bonds is 2. The van der Waals surface area contributed by atoms with Crippen molar-refractivity contribution < 1.29 is 5.21 Å². The fourth-order valence-electron chi connectivity index (χ4n) is 1.47. The molecular formula is C11H10BrClN4O. The predicted molar refractivity (Wildman–Crippen MR) is 73.5 cm³/mol. The largest absolute Gasteiger partial charge is 0.409 e. The number of nitrogens with two attached hydrogens (primary N) is 1. The maximum Gasteiger partial charge on any atom is 0.170 e. The van der Waals surface area contributed by atoms with Gasteiger partial charge in [0.25, 0.3) is 0 Å². The molecule has 1 aromatic carbocycles. The molecule has 1 heterocycles. The lowest BCUT2D eigenvalue weighted by Gasteiger charge is -2.06. The third-order valence-electron chi connectivity index (χ3n) is 2.44. The molecule has 94 valence electrons. The molecule has 0 saturated heterocycles. The smallest absolute Gasteiger partial charge is 0.170 e. The number of hydrogen-bond acceptors (Lipinski definition) is 3. The third kappa shape index (κ3) is 2.34. The van der Waals surface area contributed by atoms with Crippen molar-refractivity contribution in [1.82, 2.24) is 9.78 Å². The molecule has 0 spiro atoms. The van der Waals surface area contributed by atoms with Gasteiger partial charge in [-0.25, -0.2) is 4.68 Å². The number of aryl methyl sites for hydroxylation is 1. The van der Waals surface area contributed by atoms with Gasteiger partial charge in [0.15, 0.2) is 5.84 Å². The molecular weight excluding hydrogens is 320 g/mol. The summed E-state index contributed by atoms with van der Waals surface area (Å²) in [6.45, 7) is 1.83. The molecule has 0 aliphatic rings. The second-order valence-corrected chi connectivity index (χ2v) is 4.92. The molecule has 5 nitrogen and oxygen atoms in total. The van der Waals surface area contributed by atoms with Crippen molar-refractivity contribution in [3.63, 3.8) is 0 Å². The molecule has 0 aliphatic heterocycles. The van der Waals surface area contributed by atoms with Crippen molar-refractivity contribution in [1.29, 1.82) is 0 Å². The van der Waals surface area contributed by atoms with Gasteiger partial charge in [-0.1, -0.05) is 16.8 Å². The number of aromatic nitrogens is 2. The van der Waals surface area contributed by atoms with E-state index in [2.05, 4.69) is 26.2 Å². The number of amidine groups is 1. The molecule has 0 amide bonds. The molecule has 2 aromatic rings. The second-order valence-electron chi connectivity index (χ2n) is 3.66. The highest BCUT2D eigenvalue weighted by Crippen LogP contribution is 2.24. The Hall–Kier alpha value is -1.53. The Morgan fingerprint density at radius 2 is 2.28 bits per heavy atom. The van der Waals surface area contributed by atoms with Crippen LogP contribution in [-0.4, -0.2) is 20.8 Å². The Morgan fingerprint density at radius 1 is 1.56 bits per heavy atom. The van der Waals surface area contributed by atoms with Crippen molar-refractivity contribution in [3.8, 4) is 5.69 Å². The second kappa shape index (κ2) is 4.99. The minimum atomic E-state index is 0.0527. The van der Waals surface area contributed by atoms with E-state index in [0.717, 1.165) is 15.9 Å². The maximum absolute atomic E-state index is 8.62. The Bertz CT molecular complexity index is 604. The van der Waals surface area contributed by atoms with Gasteiger partial charge in [0.05, 0.1) is 16.4 Å². The molecule has 2 rings (SSSR count). The topological polar surface area (TPSA) is 76.4 Å². The van der Waals surface area contributed by atoms with Crippen molar-refractivity contribution in [2.75, 3.05) is 0 Å². The van der Waals surface area contributed by atoms with E-state index >= 15 is 0 Å². The third-order valence-corrected chi connectivity index (χ3v) is 3.44. The Balaban J connectivity index is 2.47. The lowest BCUT2D eigenvalue weighted by atomic mass is 10.2. The van der Waals surface area contributed by atoms with Gasteiger partial charge in [-0.3, -0.25) is 0 Å². The Labute approximate surface area is 117 Å². The highest BCUT2D eigenvalue weighted by atomic mass is 79.9. The molecule has 0 radical (unpaired) electrons. The van der Waals surface area contributed by atoms with E-state index in [4.69, 9.17) is 22.5 Å². The van der Waals surface area contributed by atoms with E-state index in [-0.39, 0.29) is 5.84 Å². The zero-order chi connectivity index (χ0) is 13.3. The van der Waals surface area contributed by atoms with Gasteiger partial charge >= 0.3 is 0 Å². The first-order valence-electron chi connectivity index (χ1n) is 5.02. The fraction of sp³-hybridized carbons (Fsp3) is 0.0909. The lowest BCUT2D eigenvalue weighted by molar-refractivity contribution is 0.318. The fourth-order valence-corrected chi connectivity index (χ4v) is 2.16. The van der Waals surface area contributed by atoms with Crippen molar-refractivity contribution in [3.05, 3.63) is 45.1 Å². The summed E-state index contributed by atoms with van der Waals surface area (Å²) in [5.41, 5.74) is 7.70. The van der Waals surface area contributed by atoms with Crippen LogP contribution < -0.4 is 5.73 Å². The lowest BCUT2D eigenvalue weighted by Crippen LogP contribution is -2.13. The van der Waals surface area contributed by atoms with Crippen LogP contribution in [-0.2, 0) is 0 Å². The van der Waals surface area contributed by atoms with E-state index in [1.54, 1.807) is 29.1 Å². The van der Waals surface area contributed by atoms with Crippen LogP contribution in [0.4, 0.5) is 0 Å². The number of nitrogens with zero attached hydrogens (tertiary/aromatic N) is 3. The standard InChI is InChI=1S/C11H10BrClN4O/c1-6-9(13)5-17(15-6)10-3-2-7(4-8(10)12)11(14)16-18/h2-5,18H,1H3,(H2,14,16). The molecule has 0 fully saturated rings. The number of oxime groups is 1. The quantitative estimate of drug-likeness (QED) is 0.385. The molecule has 0 unspecified atom stereocenters. The van der Waals surface area contributed by atoms with E-state index in [1.807, 2.05) is 6.92 Å². The number of benzene rings is 1. The first kappa shape index (κ1) is 12.9. The summed E-state index contributed by atoms with van der Waals surface area (Å²) < 4.78 is 2.43. The van der Waals surface area contributed by atoms with E-state index in [1.165, 1.54) is 0 Å². The van der Waals surface area contributed by atoms with E-state index in [9.17, 15) is 0 Å². The summed E-state index contributed by atoms with van der Waals surface area (Å²) in [5.74, 6) is 0.0527. The Morgan fingerprint density at radius 3 is 2.78 bits per heavy atom. The van der Waals surface area contributed by atoms with E-state index < -0.39 is 0 Å². The van der Waals surface area contributed by atoms with Crippen molar-refractivity contribution in [2.45, 2.75) is 6.92 Å². The minimum Gasteiger partial charge on any atom is -0.409 e. The molecule has 3 N–H and O–H groups in total. The summed E-state index contributed by atoms with van der Waals surface area (Å²) in [4.78, 5) is 0. The van der Waals surface area contributed by atoms with Crippen molar-refractivity contribution >= 4 is 33.4 Å². The first-order chi connectivity index (χ1) is 8.52. The summed E-state index contributed by atoms with van der Waals surface area (Å²) in [6, 6.07) is 5.29. The van der Waals surface area contributed by atoms with Crippen LogP contribution in [0.25, 0.3) is 5.69 Å². The van der Waals surface area contributed by atoms with Gasteiger partial charge in [-0.2, -0.15) is 5.10 Å². The average Bonchev–Trinajstić information content (AvgIpc) is 2.68. The molecule has 1 aromatic heterocycles. The highest BCUT2D eigenvalue weighted by Gasteiger charge is 2.09. The van der Waals surface area contributed by atoms with Gasteiger partial charge in [0, 0.05) is 16.2 Å².